The van der Waals surface area contributed by atoms with Gasteiger partial charge in [-0.3, -0.25) is 4.79 Å². The highest BCUT2D eigenvalue weighted by Crippen LogP contribution is 2.24. The summed E-state index contributed by atoms with van der Waals surface area (Å²) in [7, 11) is -3.33. The molecule has 0 bridgehead atoms. The molecule has 1 N–H and O–H groups in total. The lowest BCUT2D eigenvalue weighted by atomic mass is 10.2. The number of amides is 1. The van der Waals surface area contributed by atoms with Gasteiger partial charge in [-0.15, -0.1) is 11.3 Å². The lowest BCUT2D eigenvalue weighted by Gasteiger charge is -2.09. The van der Waals surface area contributed by atoms with Gasteiger partial charge in [-0.1, -0.05) is 36.4 Å². The molecule has 0 radical (unpaired) electrons. The molecule has 1 aromatic heterocycles. The van der Waals surface area contributed by atoms with Crippen molar-refractivity contribution in [1.82, 2.24) is 4.98 Å². The van der Waals surface area contributed by atoms with Gasteiger partial charge in [0.1, 0.15) is 5.01 Å². The largest absolute Gasteiger partial charge is 0.325 e. The number of aryl methyl sites for hydroxylation is 1. The number of hydrogen-bond acceptors (Lipinski definition) is 5. The highest BCUT2D eigenvalue weighted by Gasteiger charge is 2.13. The first-order chi connectivity index (χ1) is 12.3. The van der Waals surface area contributed by atoms with E-state index in [0.29, 0.717) is 11.4 Å². The minimum atomic E-state index is -3.33. The van der Waals surface area contributed by atoms with E-state index in [2.05, 4.69) is 10.3 Å². The molecule has 26 heavy (non-hydrogen) atoms. The Kier molecular flexibility index (Phi) is 5.20. The van der Waals surface area contributed by atoms with Gasteiger partial charge in [0.15, 0.2) is 9.84 Å². The molecule has 0 spiro atoms. The van der Waals surface area contributed by atoms with E-state index in [0.717, 1.165) is 22.4 Å². The van der Waals surface area contributed by atoms with Crippen LogP contribution in [0.1, 0.15) is 11.3 Å². The number of sulfone groups is 1. The first-order valence-corrected chi connectivity index (χ1v) is 10.7. The zero-order chi connectivity index (χ0) is 18.7. The summed E-state index contributed by atoms with van der Waals surface area (Å²) < 4.78 is 23.4. The van der Waals surface area contributed by atoms with Crippen molar-refractivity contribution in [3.05, 3.63) is 65.2 Å². The van der Waals surface area contributed by atoms with Gasteiger partial charge in [-0.2, -0.15) is 0 Å². The van der Waals surface area contributed by atoms with Gasteiger partial charge in [0.2, 0.25) is 5.91 Å². The monoisotopic (exact) mass is 386 g/mol. The topological polar surface area (TPSA) is 76.1 Å². The minimum Gasteiger partial charge on any atom is -0.325 e. The van der Waals surface area contributed by atoms with Crippen molar-refractivity contribution in [3.63, 3.8) is 0 Å². The number of carbonyl (C=O) groups is 1. The second kappa shape index (κ2) is 7.39. The Bertz CT molecular complexity index is 1040. The summed E-state index contributed by atoms with van der Waals surface area (Å²) in [6.07, 6.45) is 1.27. The van der Waals surface area contributed by atoms with Crippen LogP contribution in [-0.2, 0) is 21.1 Å². The van der Waals surface area contributed by atoms with E-state index in [1.807, 2.05) is 42.6 Å². The second-order valence-corrected chi connectivity index (χ2v) is 8.86. The first-order valence-electron chi connectivity index (χ1n) is 7.93. The van der Waals surface area contributed by atoms with Crippen molar-refractivity contribution in [1.29, 1.82) is 0 Å². The molecular formula is C19H18N2O3S2. The van der Waals surface area contributed by atoms with Crippen LogP contribution in [0.3, 0.4) is 0 Å². The molecule has 0 fully saturated rings. The molecule has 5 nitrogen and oxygen atoms in total. The van der Waals surface area contributed by atoms with Crippen LogP contribution >= 0.6 is 11.3 Å². The maximum absolute atomic E-state index is 12.3. The molecule has 1 heterocycles. The molecule has 134 valence electrons. The smallest absolute Gasteiger partial charge is 0.230 e. The van der Waals surface area contributed by atoms with E-state index in [4.69, 9.17) is 0 Å². The van der Waals surface area contributed by atoms with E-state index >= 15 is 0 Å². The molecule has 1 amide bonds. The van der Waals surface area contributed by atoms with Crippen LogP contribution in [0.2, 0.25) is 0 Å². The highest BCUT2D eigenvalue weighted by atomic mass is 32.2. The fourth-order valence-electron chi connectivity index (χ4n) is 2.43. The number of nitrogens with zero attached hydrogens (tertiary/aromatic N) is 1. The second-order valence-electron chi connectivity index (χ2n) is 5.98. The zero-order valence-electron chi connectivity index (χ0n) is 14.4. The summed E-state index contributed by atoms with van der Waals surface area (Å²) in [6, 6.07) is 14.5. The number of nitrogens with one attached hydrogen (secondary N) is 1. The molecule has 2 aromatic carbocycles. The number of aromatic nitrogens is 1. The molecule has 7 heteroatoms. The molecule has 3 aromatic rings. The Morgan fingerprint density at radius 3 is 2.58 bits per heavy atom. The van der Waals surface area contributed by atoms with Gasteiger partial charge in [-0.25, -0.2) is 13.4 Å². The average molecular weight is 386 g/mol. The maximum atomic E-state index is 12.3. The first kappa shape index (κ1) is 18.3. The minimum absolute atomic E-state index is 0.131. The lowest BCUT2D eigenvalue weighted by molar-refractivity contribution is -0.115. The van der Waals surface area contributed by atoms with Crippen molar-refractivity contribution in [2.75, 3.05) is 11.6 Å². The Morgan fingerprint density at radius 2 is 1.88 bits per heavy atom. The van der Waals surface area contributed by atoms with Crippen LogP contribution in [0, 0.1) is 6.92 Å². The number of anilines is 1. The van der Waals surface area contributed by atoms with Crippen LogP contribution in [0.5, 0.6) is 0 Å². The summed E-state index contributed by atoms with van der Waals surface area (Å²) in [4.78, 5) is 17.0. The predicted octanol–water partition coefficient (Wildman–Crippen LogP) is 3.70. The average Bonchev–Trinajstić information content (AvgIpc) is 3.05. The van der Waals surface area contributed by atoms with Crippen molar-refractivity contribution >= 4 is 32.8 Å². The van der Waals surface area contributed by atoms with Gasteiger partial charge in [0, 0.05) is 22.9 Å². The molecule has 0 aliphatic rings. The number of carbonyl (C=O) groups excluding carboxylic acids is 1. The fraction of sp³-hybridized carbons (Fsp3) is 0.158. The zero-order valence-corrected chi connectivity index (χ0v) is 16.0. The van der Waals surface area contributed by atoms with Crippen molar-refractivity contribution in [3.8, 4) is 10.6 Å². The van der Waals surface area contributed by atoms with E-state index in [1.54, 1.807) is 6.07 Å². The third-order valence-electron chi connectivity index (χ3n) is 3.83. The quantitative estimate of drug-likeness (QED) is 0.725. The Balaban J connectivity index is 1.73. The van der Waals surface area contributed by atoms with Gasteiger partial charge in [-0.05, 0) is 24.6 Å². The summed E-state index contributed by atoms with van der Waals surface area (Å²) in [5.74, 6) is -0.233. The van der Waals surface area contributed by atoms with Crippen LogP contribution in [0.4, 0.5) is 5.69 Å². The lowest BCUT2D eigenvalue weighted by Crippen LogP contribution is -2.15. The summed E-state index contributed by atoms with van der Waals surface area (Å²) in [5, 5.41) is 5.51. The normalized spacial score (nSPS) is 11.3. The van der Waals surface area contributed by atoms with E-state index in [-0.39, 0.29) is 17.2 Å². The molecule has 3 rings (SSSR count). The molecule has 0 saturated heterocycles. The van der Waals surface area contributed by atoms with E-state index < -0.39 is 9.84 Å². The van der Waals surface area contributed by atoms with Crippen LogP contribution < -0.4 is 5.32 Å². The molecule has 0 aliphatic carbocycles. The van der Waals surface area contributed by atoms with E-state index in [9.17, 15) is 13.2 Å². The number of thiazole rings is 1. The fourth-order valence-corrected chi connectivity index (χ4v) is 3.90. The van der Waals surface area contributed by atoms with Gasteiger partial charge < -0.3 is 5.32 Å². The maximum Gasteiger partial charge on any atom is 0.230 e. The summed E-state index contributed by atoms with van der Waals surface area (Å²) in [6.45, 7) is 1.82. The van der Waals surface area contributed by atoms with Gasteiger partial charge in [0.25, 0.3) is 0 Å². The predicted molar refractivity (Wildman–Crippen MR) is 104 cm³/mol. The standard InChI is InChI=1S/C19H18N2O3S2/c1-13-8-9-16(26(2,23)24)11-17(13)21-18(22)10-15-12-25-19(20-15)14-6-4-3-5-7-14/h3-9,11-12H,10H2,1-2H3,(H,21,22). The molecule has 0 aliphatic heterocycles. The van der Waals surface area contributed by atoms with Crippen molar-refractivity contribution in [2.24, 2.45) is 0 Å². The molecule has 0 unspecified atom stereocenters. The third kappa shape index (κ3) is 4.36. The third-order valence-corrected chi connectivity index (χ3v) is 5.88. The Labute approximate surface area is 156 Å². The van der Waals surface area contributed by atoms with Crippen LogP contribution in [0.15, 0.2) is 58.8 Å². The van der Waals surface area contributed by atoms with Crippen LogP contribution in [0.25, 0.3) is 10.6 Å². The molecular weight excluding hydrogens is 368 g/mol. The summed E-state index contributed by atoms with van der Waals surface area (Å²) >= 11 is 1.49. The Morgan fingerprint density at radius 1 is 1.15 bits per heavy atom. The van der Waals surface area contributed by atoms with Crippen LogP contribution in [-0.4, -0.2) is 25.6 Å². The summed E-state index contributed by atoms with van der Waals surface area (Å²) in [5.41, 5.74) is 2.99. The number of benzene rings is 2. The highest BCUT2D eigenvalue weighted by molar-refractivity contribution is 7.90. The van der Waals surface area contributed by atoms with Crippen molar-refractivity contribution < 1.29 is 13.2 Å². The van der Waals surface area contributed by atoms with E-state index in [1.165, 1.54) is 23.5 Å². The number of hydrogen-bond donors (Lipinski definition) is 1. The number of rotatable bonds is 5. The van der Waals surface area contributed by atoms with Crippen molar-refractivity contribution in [2.45, 2.75) is 18.2 Å². The molecule has 0 saturated carbocycles. The van der Waals surface area contributed by atoms with Gasteiger partial charge >= 0.3 is 0 Å². The Hall–Kier alpha value is -2.51. The molecule has 0 atom stereocenters. The SMILES string of the molecule is Cc1ccc(S(C)(=O)=O)cc1NC(=O)Cc1csc(-c2ccccc2)n1. The van der Waals surface area contributed by atoms with Gasteiger partial charge in [0.05, 0.1) is 17.0 Å².